The third kappa shape index (κ3) is 3.26. The molecule has 0 saturated carbocycles. The number of rotatable bonds is 6. The zero-order valence-corrected chi connectivity index (χ0v) is 17.1. The zero-order chi connectivity index (χ0) is 21.3. The number of ether oxygens (including phenoxy) is 3. The van der Waals surface area contributed by atoms with Gasteiger partial charge in [0.1, 0.15) is 23.4 Å². The number of hydrogen-bond acceptors (Lipinski definition) is 7. The lowest BCUT2D eigenvalue weighted by molar-refractivity contribution is 0.0962. The molecular formula is C22H21N3O5. The molecule has 4 aromatic rings. The van der Waals surface area contributed by atoms with Crippen LogP contribution in [0.1, 0.15) is 23.0 Å². The number of amides is 1. The molecule has 0 aliphatic heterocycles. The maximum Gasteiger partial charge on any atom is 0.255 e. The second-order valence-electron chi connectivity index (χ2n) is 6.50. The lowest BCUT2D eigenvalue weighted by Crippen LogP contribution is -2.18. The van der Waals surface area contributed by atoms with Gasteiger partial charge in [-0.1, -0.05) is 6.92 Å². The SMILES string of the molecule is CCc1oc2cc(Oc3ncnc4cc(OC)c(OC)cc34)ccc2c1C(=O)NC. The number of carbonyl (C=O) groups excluding carboxylic acids is 1. The average Bonchev–Trinajstić information content (AvgIpc) is 3.15. The first-order valence-electron chi connectivity index (χ1n) is 9.41. The summed E-state index contributed by atoms with van der Waals surface area (Å²) in [6.45, 7) is 1.94. The van der Waals surface area contributed by atoms with Crippen LogP contribution in [-0.4, -0.2) is 37.1 Å². The second kappa shape index (κ2) is 7.90. The summed E-state index contributed by atoms with van der Waals surface area (Å²) in [5.41, 5.74) is 1.78. The number of aryl methyl sites for hydroxylation is 1. The fourth-order valence-corrected chi connectivity index (χ4v) is 3.37. The maximum absolute atomic E-state index is 12.3. The molecule has 30 heavy (non-hydrogen) atoms. The van der Waals surface area contributed by atoms with Crippen molar-refractivity contribution >= 4 is 27.8 Å². The van der Waals surface area contributed by atoms with Crippen molar-refractivity contribution < 1.29 is 23.4 Å². The Kier molecular flexibility index (Phi) is 5.14. The zero-order valence-electron chi connectivity index (χ0n) is 17.1. The minimum atomic E-state index is -0.179. The van der Waals surface area contributed by atoms with Crippen LogP contribution in [0.2, 0.25) is 0 Å². The van der Waals surface area contributed by atoms with Gasteiger partial charge in [0.05, 0.1) is 30.7 Å². The summed E-state index contributed by atoms with van der Waals surface area (Å²) in [5.74, 6) is 2.47. The largest absolute Gasteiger partial charge is 0.493 e. The molecule has 2 aromatic heterocycles. The minimum Gasteiger partial charge on any atom is -0.493 e. The number of aromatic nitrogens is 2. The summed E-state index contributed by atoms with van der Waals surface area (Å²) in [7, 11) is 4.73. The molecule has 0 aliphatic carbocycles. The lowest BCUT2D eigenvalue weighted by Gasteiger charge is -2.11. The van der Waals surface area contributed by atoms with Crippen molar-refractivity contribution in [3.8, 4) is 23.1 Å². The fourth-order valence-electron chi connectivity index (χ4n) is 3.37. The van der Waals surface area contributed by atoms with Gasteiger partial charge >= 0.3 is 0 Å². The molecule has 0 aliphatic rings. The van der Waals surface area contributed by atoms with Crippen LogP contribution in [0.4, 0.5) is 0 Å². The van der Waals surface area contributed by atoms with Crippen molar-refractivity contribution in [2.75, 3.05) is 21.3 Å². The topological polar surface area (TPSA) is 95.7 Å². The number of nitrogens with one attached hydrogen (secondary N) is 1. The highest BCUT2D eigenvalue weighted by Gasteiger charge is 2.20. The number of furan rings is 1. The number of fused-ring (bicyclic) bond motifs is 2. The highest BCUT2D eigenvalue weighted by Crippen LogP contribution is 2.37. The first-order valence-corrected chi connectivity index (χ1v) is 9.41. The molecule has 0 atom stereocenters. The quantitative estimate of drug-likeness (QED) is 0.514. The van der Waals surface area contributed by atoms with E-state index in [1.807, 2.05) is 13.0 Å². The normalized spacial score (nSPS) is 10.9. The summed E-state index contributed by atoms with van der Waals surface area (Å²) in [6.07, 6.45) is 2.03. The Morgan fingerprint density at radius 1 is 1.07 bits per heavy atom. The number of nitrogens with zero attached hydrogens (tertiary/aromatic N) is 2. The summed E-state index contributed by atoms with van der Waals surface area (Å²) < 4.78 is 22.6. The molecule has 2 aromatic carbocycles. The smallest absolute Gasteiger partial charge is 0.255 e. The Morgan fingerprint density at radius 2 is 1.83 bits per heavy atom. The minimum absolute atomic E-state index is 0.179. The Bertz CT molecular complexity index is 1250. The van der Waals surface area contributed by atoms with E-state index in [4.69, 9.17) is 18.6 Å². The molecule has 0 radical (unpaired) electrons. The Hall–Kier alpha value is -3.81. The van der Waals surface area contributed by atoms with E-state index in [1.54, 1.807) is 45.5 Å². The first-order chi connectivity index (χ1) is 14.6. The van der Waals surface area contributed by atoms with Crippen molar-refractivity contribution in [3.63, 3.8) is 0 Å². The van der Waals surface area contributed by atoms with Gasteiger partial charge in [-0.3, -0.25) is 4.79 Å². The summed E-state index contributed by atoms with van der Waals surface area (Å²) >= 11 is 0. The summed E-state index contributed by atoms with van der Waals surface area (Å²) in [6, 6.07) is 8.87. The van der Waals surface area contributed by atoms with Crippen LogP contribution in [0.25, 0.3) is 21.9 Å². The molecule has 1 amide bonds. The fraction of sp³-hybridized carbons (Fsp3) is 0.227. The molecule has 8 heteroatoms. The second-order valence-corrected chi connectivity index (χ2v) is 6.50. The van der Waals surface area contributed by atoms with Crippen LogP contribution in [-0.2, 0) is 6.42 Å². The molecule has 4 rings (SSSR count). The summed E-state index contributed by atoms with van der Waals surface area (Å²) in [5, 5.41) is 4.07. The number of carbonyl (C=O) groups is 1. The standard InChI is InChI=1S/C22H21N3O5/c1-5-16-20(21(26)23-2)13-7-6-12(8-17(13)30-16)29-22-14-9-18(27-3)19(28-4)10-15(14)24-11-25-22/h6-11H,5H2,1-4H3,(H,23,26). The van der Waals surface area contributed by atoms with E-state index in [-0.39, 0.29) is 5.91 Å². The highest BCUT2D eigenvalue weighted by molar-refractivity contribution is 6.07. The third-order valence-electron chi connectivity index (χ3n) is 4.83. The van der Waals surface area contributed by atoms with Crippen LogP contribution >= 0.6 is 0 Å². The molecule has 0 saturated heterocycles. The highest BCUT2D eigenvalue weighted by atomic mass is 16.5. The van der Waals surface area contributed by atoms with Crippen molar-refractivity contribution in [3.05, 3.63) is 48.0 Å². The van der Waals surface area contributed by atoms with E-state index in [1.165, 1.54) is 6.33 Å². The van der Waals surface area contributed by atoms with Crippen LogP contribution in [0.3, 0.4) is 0 Å². The average molecular weight is 407 g/mol. The van der Waals surface area contributed by atoms with Gasteiger partial charge in [-0.05, 0) is 18.2 Å². The molecular weight excluding hydrogens is 386 g/mol. The first kappa shape index (κ1) is 19.5. The van der Waals surface area contributed by atoms with Gasteiger partial charge in [0, 0.05) is 31.0 Å². The van der Waals surface area contributed by atoms with Gasteiger partial charge < -0.3 is 23.9 Å². The molecule has 0 fully saturated rings. The van der Waals surface area contributed by atoms with Gasteiger partial charge in [0.25, 0.3) is 5.91 Å². The van der Waals surface area contributed by atoms with Gasteiger partial charge in [0.15, 0.2) is 11.5 Å². The van der Waals surface area contributed by atoms with Gasteiger partial charge in [-0.25, -0.2) is 9.97 Å². The monoisotopic (exact) mass is 407 g/mol. The molecule has 0 bridgehead atoms. The molecule has 0 unspecified atom stereocenters. The Labute approximate surface area is 172 Å². The van der Waals surface area contributed by atoms with Crippen LogP contribution in [0.15, 0.2) is 41.1 Å². The van der Waals surface area contributed by atoms with E-state index in [0.717, 1.165) is 5.39 Å². The Morgan fingerprint density at radius 3 is 2.53 bits per heavy atom. The number of benzene rings is 2. The van der Waals surface area contributed by atoms with Crippen LogP contribution < -0.4 is 19.5 Å². The van der Waals surface area contributed by atoms with E-state index in [2.05, 4.69) is 15.3 Å². The van der Waals surface area contributed by atoms with Crippen LogP contribution in [0.5, 0.6) is 23.1 Å². The number of methoxy groups -OCH3 is 2. The van der Waals surface area contributed by atoms with Crippen molar-refractivity contribution in [2.24, 2.45) is 0 Å². The van der Waals surface area contributed by atoms with Gasteiger partial charge in [0.2, 0.25) is 5.88 Å². The van der Waals surface area contributed by atoms with Crippen molar-refractivity contribution in [2.45, 2.75) is 13.3 Å². The molecule has 1 N–H and O–H groups in total. The molecule has 8 nitrogen and oxygen atoms in total. The molecule has 0 spiro atoms. The van der Waals surface area contributed by atoms with E-state index < -0.39 is 0 Å². The molecule has 154 valence electrons. The van der Waals surface area contributed by atoms with E-state index in [0.29, 0.717) is 57.4 Å². The third-order valence-corrected chi connectivity index (χ3v) is 4.83. The van der Waals surface area contributed by atoms with Crippen molar-refractivity contribution in [1.29, 1.82) is 0 Å². The molecule has 2 heterocycles. The van der Waals surface area contributed by atoms with Crippen LogP contribution in [0, 0.1) is 0 Å². The van der Waals surface area contributed by atoms with E-state index in [9.17, 15) is 4.79 Å². The van der Waals surface area contributed by atoms with E-state index >= 15 is 0 Å². The van der Waals surface area contributed by atoms with Gasteiger partial charge in [-0.2, -0.15) is 0 Å². The Balaban J connectivity index is 1.77. The number of hydrogen-bond donors (Lipinski definition) is 1. The maximum atomic E-state index is 12.3. The predicted molar refractivity (Wildman–Crippen MR) is 112 cm³/mol. The van der Waals surface area contributed by atoms with Gasteiger partial charge in [-0.15, -0.1) is 0 Å². The summed E-state index contributed by atoms with van der Waals surface area (Å²) in [4.78, 5) is 20.8. The predicted octanol–water partition coefficient (Wildman–Crippen LogP) is 4.11. The van der Waals surface area contributed by atoms with Crippen molar-refractivity contribution in [1.82, 2.24) is 15.3 Å². The lowest BCUT2D eigenvalue weighted by atomic mass is 10.1.